The van der Waals surface area contributed by atoms with E-state index in [1.165, 1.54) is 16.8 Å². The average molecular weight is 451 g/mol. The fraction of sp³-hybridized carbons (Fsp3) is 0.130. The molecule has 0 bridgehead atoms. The van der Waals surface area contributed by atoms with Gasteiger partial charge in [-0.15, -0.1) is 0 Å². The van der Waals surface area contributed by atoms with Crippen molar-refractivity contribution in [3.8, 4) is 0 Å². The maximum Gasteiger partial charge on any atom is 0.412 e. The van der Waals surface area contributed by atoms with Gasteiger partial charge in [0.2, 0.25) is 5.91 Å². The number of ether oxygens (including phenoxy) is 1. The number of aromatic nitrogens is 1. The van der Waals surface area contributed by atoms with Crippen molar-refractivity contribution < 1.29 is 14.3 Å². The summed E-state index contributed by atoms with van der Waals surface area (Å²) in [6.07, 6.45) is 0.716. The van der Waals surface area contributed by atoms with Crippen LogP contribution in [0.4, 0.5) is 10.5 Å². The van der Waals surface area contributed by atoms with E-state index in [-0.39, 0.29) is 31.3 Å². The lowest BCUT2D eigenvalue weighted by Gasteiger charge is -2.10. The number of carbonyl (C=O) groups is 2. The largest absolute Gasteiger partial charge is 0.444 e. The number of hydrogen-bond donors (Lipinski definition) is 3. The quantitative estimate of drug-likeness (QED) is 0.454. The SMILES string of the molecule is NC(=S)c1ccc(CNC(=O)Cn2cccc(NC(=O)OCc3ccccc3)c2=O)cc1. The van der Waals surface area contributed by atoms with Crippen LogP contribution in [0.1, 0.15) is 16.7 Å². The number of pyridine rings is 1. The standard InChI is InChI=1S/C23H22N4O4S/c24-21(32)18-10-8-16(9-11-18)13-25-20(28)14-27-12-4-7-19(22(27)29)26-23(30)31-15-17-5-2-1-3-6-17/h1-12H,13-15H2,(H2,24,32)(H,25,28)(H,26,30). The summed E-state index contributed by atoms with van der Waals surface area (Å²) in [5, 5.41) is 5.17. The van der Waals surface area contributed by atoms with Gasteiger partial charge in [-0.05, 0) is 23.3 Å². The van der Waals surface area contributed by atoms with Gasteiger partial charge in [-0.3, -0.25) is 14.9 Å². The lowest BCUT2D eigenvalue weighted by Crippen LogP contribution is -2.33. The molecule has 32 heavy (non-hydrogen) atoms. The highest BCUT2D eigenvalue weighted by Crippen LogP contribution is 2.05. The summed E-state index contributed by atoms with van der Waals surface area (Å²) < 4.78 is 6.33. The van der Waals surface area contributed by atoms with Crippen molar-refractivity contribution in [2.24, 2.45) is 5.73 Å². The molecule has 0 radical (unpaired) electrons. The van der Waals surface area contributed by atoms with Crippen LogP contribution in [0.2, 0.25) is 0 Å². The molecule has 2 amide bonds. The first-order chi connectivity index (χ1) is 15.4. The zero-order chi connectivity index (χ0) is 22.9. The predicted octanol–water partition coefficient (Wildman–Crippen LogP) is 2.55. The van der Waals surface area contributed by atoms with E-state index >= 15 is 0 Å². The van der Waals surface area contributed by atoms with Crippen molar-refractivity contribution in [3.63, 3.8) is 0 Å². The van der Waals surface area contributed by atoms with Crippen molar-refractivity contribution >= 4 is 34.9 Å². The second kappa shape index (κ2) is 10.9. The molecule has 3 rings (SSSR count). The van der Waals surface area contributed by atoms with Crippen LogP contribution in [0.25, 0.3) is 0 Å². The summed E-state index contributed by atoms with van der Waals surface area (Å²) in [5.41, 5.74) is 7.50. The van der Waals surface area contributed by atoms with Gasteiger partial charge >= 0.3 is 6.09 Å². The summed E-state index contributed by atoms with van der Waals surface area (Å²) in [7, 11) is 0. The number of carbonyl (C=O) groups excluding carboxylic acids is 2. The zero-order valence-electron chi connectivity index (χ0n) is 17.1. The molecule has 3 aromatic rings. The Hall–Kier alpha value is -3.98. The van der Waals surface area contributed by atoms with Crippen LogP contribution in [0.5, 0.6) is 0 Å². The third-order valence-corrected chi connectivity index (χ3v) is 4.75. The van der Waals surface area contributed by atoms with E-state index in [0.29, 0.717) is 4.99 Å². The van der Waals surface area contributed by atoms with Gasteiger partial charge in [0.1, 0.15) is 23.8 Å². The number of thiocarbonyl (C=S) groups is 1. The molecule has 9 heteroatoms. The van der Waals surface area contributed by atoms with Crippen LogP contribution in [-0.2, 0) is 29.2 Å². The van der Waals surface area contributed by atoms with Crippen LogP contribution in [0.3, 0.4) is 0 Å². The number of rotatable bonds is 8. The molecule has 0 atom stereocenters. The number of hydrogen-bond acceptors (Lipinski definition) is 5. The first-order valence-corrected chi connectivity index (χ1v) is 10.2. The topological polar surface area (TPSA) is 115 Å². The Balaban J connectivity index is 1.53. The molecular formula is C23H22N4O4S. The summed E-state index contributed by atoms with van der Waals surface area (Å²) >= 11 is 4.91. The Morgan fingerprint density at radius 2 is 1.69 bits per heavy atom. The Morgan fingerprint density at radius 3 is 2.38 bits per heavy atom. The number of amides is 2. The van der Waals surface area contributed by atoms with Crippen LogP contribution >= 0.6 is 12.2 Å². The van der Waals surface area contributed by atoms with Crippen molar-refractivity contribution in [3.05, 3.63) is 100.0 Å². The van der Waals surface area contributed by atoms with E-state index < -0.39 is 11.7 Å². The minimum Gasteiger partial charge on any atom is -0.444 e. The number of benzene rings is 2. The summed E-state index contributed by atoms with van der Waals surface area (Å²) in [4.78, 5) is 37.2. The minimum atomic E-state index is -0.756. The molecule has 8 nitrogen and oxygen atoms in total. The summed E-state index contributed by atoms with van der Waals surface area (Å²) in [6.45, 7) is 0.168. The Kier molecular flexibility index (Phi) is 7.71. The number of nitrogens with two attached hydrogens (primary N) is 1. The highest BCUT2D eigenvalue weighted by atomic mass is 32.1. The smallest absolute Gasteiger partial charge is 0.412 e. The van der Waals surface area contributed by atoms with Gasteiger partial charge < -0.3 is 20.4 Å². The van der Waals surface area contributed by atoms with Gasteiger partial charge in [-0.1, -0.05) is 66.8 Å². The maximum absolute atomic E-state index is 12.6. The highest BCUT2D eigenvalue weighted by molar-refractivity contribution is 7.80. The first kappa shape index (κ1) is 22.7. The molecule has 0 saturated heterocycles. The van der Waals surface area contributed by atoms with Gasteiger partial charge in [-0.25, -0.2) is 4.79 Å². The zero-order valence-corrected chi connectivity index (χ0v) is 17.9. The molecule has 4 N–H and O–H groups in total. The van der Waals surface area contributed by atoms with Gasteiger partial charge in [0.25, 0.3) is 5.56 Å². The fourth-order valence-electron chi connectivity index (χ4n) is 2.82. The maximum atomic E-state index is 12.6. The van der Waals surface area contributed by atoms with Crippen molar-refractivity contribution in [2.45, 2.75) is 19.7 Å². The van der Waals surface area contributed by atoms with Gasteiger partial charge in [0.15, 0.2) is 0 Å². The molecule has 1 aromatic heterocycles. The monoisotopic (exact) mass is 450 g/mol. The van der Waals surface area contributed by atoms with E-state index in [9.17, 15) is 14.4 Å². The van der Waals surface area contributed by atoms with Crippen LogP contribution in [0.15, 0.2) is 77.7 Å². The second-order valence-corrected chi connectivity index (χ2v) is 7.32. The highest BCUT2D eigenvalue weighted by Gasteiger charge is 2.11. The number of anilines is 1. The van der Waals surface area contributed by atoms with Gasteiger partial charge in [0.05, 0.1) is 0 Å². The molecular weight excluding hydrogens is 428 g/mol. The molecule has 2 aromatic carbocycles. The summed E-state index contributed by atoms with van der Waals surface area (Å²) in [5.74, 6) is -0.352. The van der Waals surface area contributed by atoms with E-state index in [2.05, 4.69) is 10.6 Å². The van der Waals surface area contributed by atoms with Crippen molar-refractivity contribution in [1.29, 1.82) is 0 Å². The van der Waals surface area contributed by atoms with Gasteiger partial charge in [0, 0.05) is 18.3 Å². The molecule has 0 aliphatic rings. The van der Waals surface area contributed by atoms with E-state index in [1.54, 1.807) is 18.2 Å². The Labute approximate surface area is 190 Å². The third kappa shape index (κ3) is 6.51. The van der Waals surface area contributed by atoms with Crippen LogP contribution < -0.4 is 21.9 Å². The molecule has 164 valence electrons. The fourth-order valence-corrected chi connectivity index (χ4v) is 2.96. The molecule has 0 spiro atoms. The predicted molar refractivity (Wildman–Crippen MR) is 125 cm³/mol. The number of nitrogens with one attached hydrogen (secondary N) is 2. The van der Waals surface area contributed by atoms with Gasteiger partial charge in [-0.2, -0.15) is 0 Å². The Bertz CT molecular complexity index is 1160. The van der Waals surface area contributed by atoms with Crippen LogP contribution in [0, 0.1) is 0 Å². The van der Waals surface area contributed by atoms with E-state index in [0.717, 1.165) is 16.7 Å². The average Bonchev–Trinajstić information content (AvgIpc) is 2.80. The number of nitrogens with zero attached hydrogens (tertiary/aromatic N) is 1. The lowest BCUT2D eigenvalue weighted by molar-refractivity contribution is -0.121. The first-order valence-electron chi connectivity index (χ1n) is 9.75. The molecule has 0 unspecified atom stereocenters. The second-order valence-electron chi connectivity index (χ2n) is 6.88. The lowest BCUT2D eigenvalue weighted by atomic mass is 10.1. The Morgan fingerprint density at radius 1 is 0.969 bits per heavy atom. The van der Waals surface area contributed by atoms with E-state index in [4.69, 9.17) is 22.7 Å². The van der Waals surface area contributed by atoms with E-state index in [1.807, 2.05) is 42.5 Å². The molecule has 0 aliphatic carbocycles. The van der Waals surface area contributed by atoms with Crippen LogP contribution in [-0.4, -0.2) is 21.6 Å². The normalized spacial score (nSPS) is 10.2. The minimum absolute atomic E-state index is 0.0201. The van der Waals surface area contributed by atoms with Crippen molar-refractivity contribution in [1.82, 2.24) is 9.88 Å². The van der Waals surface area contributed by atoms with Crippen molar-refractivity contribution in [2.75, 3.05) is 5.32 Å². The third-order valence-electron chi connectivity index (χ3n) is 4.51. The molecule has 0 fully saturated rings. The molecule has 0 saturated carbocycles. The molecule has 0 aliphatic heterocycles. The molecule has 1 heterocycles. The summed E-state index contributed by atoms with van der Waals surface area (Å²) in [6, 6.07) is 19.4.